The first-order chi connectivity index (χ1) is 19.1. The molecule has 2 bridgehead atoms. The van der Waals surface area contributed by atoms with Crippen LogP contribution in [0.2, 0.25) is 0 Å². The summed E-state index contributed by atoms with van der Waals surface area (Å²) in [4.78, 5) is 60.6. The Morgan fingerprint density at radius 2 is 1.75 bits per heavy atom. The van der Waals surface area contributed by atoms with Gasteiger partial charge < -0.3 is 19.9 Å². The molecule has 0 spiro atoms. The highest BCUT2D eigenvalue weighted by atomic mass is 16.7. The van der Waals surface area contributed by atoms with Crippen LogP contribution in [0, 0.1) is 0 Å². The van der Waals surface area contributed by atoms with E-state index in [1.165, 1.54) is 11.5 Å². The summed E-state index contributed by atoms with van der Waals surface area (Å²) in [5.74, 6) is -0.418. The fourth-order valence-electron chi connectivity index (χ4n) is 5.76. The lowest BCUT2D eigenvalue weighted by Gasteiger charge is -2.35. The Labute approximate surface area is 237 Å². The number of carbonyl (C=O) groups is 4. The number of hydrogen-bond donors (Lipinski definition) is 1. The first kappa shape index (κ1) is 29.8. The molecule has 1 aliphatic carbocycles. The number of piperidine rings is 1. The van der Waals surface area contributed by atoms with Crippen molar-refractivity contribution in [2.45, 2.75) is 109 Å². The number of Topliss-reactive ketones (excluding diaryl/α,β-unsaturated/α-hetero) is 1. The van der Waals surface area contributed by atoms with E-state index in [0.29, 0.717) is 32.4 Å². The van der Waals surface area contributed by atoms with Gasteiger partial charge in [-0.05, 0) is 58.4 Å². The average Bonchev–Trinajstić information content (AvgIpc) is 3.17. The molecule has 4 amide bonds. The van der Waals surface area contributed by atoms with Crippen LogP contribution < -0.4 is 5.32 Å². The summed E-state index contributed by atoms with van der Waals surface area (Å²) < 4.78 is 5.64. The van der Waals surface area contributed by atoms with Crippen molar-refractivity contribution in [3.05, 3.63) is 35.9 Å². The third kappa shape index (κ3) is 7.96. The normalized spacial score (nSPS) is 21.3. The largest absolute Gasteiger partial charge is 0.444 e. The van der Waals surface area contributed by atoms with Gasteiger partial charge in [0.2, 0.25) is 5.91 Å². The van der Waals surface area contributed by atoms with E-state index < -0.39 is 11.6 Å². The Kier molecular flexibility index (Phi) is 10.1. The molecular weight excluding hydrogens is 512 g/mol. The standard InChI is InChI=1S/C30H44N4O6/c1-30(2,3)40-29(38)32(23-13-8-5-9-14-23)18-10-15-25(35)19-31-27(36)26-17-16-24-20-33(26)28(37)34(24)39-21-22-11-6-4-7-12-22/h4,6-7,11-12,23-24,26H,5,8-10,13-21H2,1-3H3,(H,31,36)/t24-,26+/m1/s1. The molecule has 2 aliphatic heterocycles. The van der Waals surface area contributed by atoms with Crippen molar-refractivity contribution < 1.29 is 28.8 Å². The summed E-state index contributed by atoms with van der Waals surface area (Å²) in [6.45, 7) is 6.64. The van der Waals surface area contributed by atoms with Crippen molar-refractivity contribution in [2.75, 3.05) is 19.6 Å². The molecule has 0 aromatic heterocycles. The highest BCUT2D eigenvalue weighted by molar-refractivity contribution is 5.91. The predicted molar refractivity (Wildman–Crippen MR) is 149 cm³/mol. The second kappa shape index (κ2) is 13.5. The monoisotopic (exact) mass is 556 g/mol. The first-order valence-corrected chi connectivity index (χ1v) is 14.7. The fourth-order valence-corrected chi connectivity index (χ4v) is 5.76. The molecule has 40 heavy (non-hydrogen) atoms. The zero-order chi connectivity index (χ0) is 28.7. The van der Waals surface area contributed by atoms with Crippen molar-refractivity contribution in [1.82, 2.24) is 20.2 Å². The van der Waals surface area contributed by atoms with Crippen LogP contribution in [0.15, 0.2) is 30.3 Å². The SMILES string of the molecule is CC(C)(C)OC(=O)N(CCCC(=O)CNC(=O)[C@@H]1CC[C@@H]2CN1C(=O)N2OCc1ccccc1)C1CCCCC1. The average molecular weight is 557 g/mol. The van der Waals surface area contributed by atoms with Gasteiger partial charge >= 0.3 is 12.1 Å². The summed E-state index contributed by atoms with van der Waals surface area (Å²) in [5, 5.41) is 4.13. The number of carbonyl (C=O) groups excluding carboxylic acids is 4. The lowest BCUT2D eigenvalue weighted by molar-refractivity contribution is -0.140. The van der Waals surface area contributed by atoms with Crippen molar-refractivity contribution in [1.29, 1.82) is 0 Å². The van der Waals surface area contributed by atoms with Crippen LogP contribution in [0.1, 0.15) is 84.1 Å². The molecule has 220 valence electrons. The number of rotatable bonds is 11. The minimum atomic E-state index is -0.615. The molecule has 3 aliphatic rings. The molecule has 0 unspecified atom stereocenters. The Hall–Kier alpha value is -3.14. The van der Waals surface area contributed by atoms with E-state index in [0.717, 1.165) is 31.2 Å². The number of ketones is 1. The predicted octanol–water partition coefficient (Wildman–Crippen LogP) is 4.42. The van der Waals surface area contributed by atoms with Crippen molar-refractivity contribution in [2.24, 2.45) is 0 Å². The number of ether oxygens (including phenoxy) is 1. The molecule has 1 saturated carbocycles. The third-order valence-electron chi connectivity index (χ3n) is 7.80. The maximum atomic E-state index is 13.0. The number of nitrogens with one attached hydrogen (secondary N) is 1. The number of nitrogens with zero attached hydrogens (tertiary/aromatic N) is 3. The van der Waals surface area contributed by atoms with Crippen LogP contribution in [0.4, 0.5) is 9.59 Å². The third-order valence-corrected chi connectivity index (χ3v) is 7.80. The van der Waals surface area contributed by atoms with Crippen molar-refractivity contribution in [3.8, 4) is 0 Å². The summed E-state index contributed by atoms with van der Waals surface area (Å²) in [5.41, 5.74) is 0.387. The van der Waals surface area contributed by atoms with Crippen LogP contribution in [0.25, 0.3) is 0 Å². The van der Waals surface area contributed by atoms with Gasteiger partial charge in [0.25, 0.3) is 0 Å². The molecule has 0 radical (unpaired) electrons. The van der Waals surface area contributed by atoms with Gasteiger partial charge in [0.05, 0.1) is 12.6 Å². The Morgan fingerprint density at radius 1 is 1.02 bits per heavy atom. The minimum absolute atomic E-state index is 0.0843. The molecule has 1 aromatic rings. The molecule has 2 heterocycles. The Bertz CT molecular complexity index is 1040. The summed E-state index contributed by atoms with van der Waals surface area (Å²) in [6.07, 6.45) is 6.88. The number of benzene rings is 1. The molecule has 10 heteroatoms. The van der Waals surface area contributed by atoms with Gasteiger partial charge in [0, 0.05) is 25.6 Å². The van der Waals surface area contributed by atoms with E-state index in [2.05, 4.69) is 5.32 Å². The first-order valence-electron chi connectivity index (χ1n) is 14.7. The highest BCUT2D eigenvalue weighted by Gasteiger charge is 2.47. The van der Waals surface area contributed by atoms with E-state index in [-0.39, 0.29) is 55.5 Å². The zero-order valence-electron chi connectivity index (χ0n) is 24.1. The van der Waals surface area contributed by atoms with Gasteiger partial charge in [-0.1, -0.05) is 49.6 Å². The maximum absolute atomic E-state index is 13.0. The summed E-state index contributed by atoms with van der Waals surface area (Å²) >= 11 is 0. The van der Waals surface area contributed by atoms with Crippen LogP contribution >= 0.6 is 0 Å². The summed E-state index contributed by atoms with van der Waals surface area (Å²) in [7, 11) is 0. The lowest BCUT2D eigenvalue weighted by atomic mass is 9.94. The van der Waals surface area contributed by atoms with Gasteiger partial charge in [0.1, 0.15) is 18.2 Å². The maximum Gasteiger partial charge on any atom is 0.410 e. The van der Waals surface area contributed by atoms with Gasteiger partial charge in [-0.2, -0.15) is 5.06 Å². The van der Waals surface area contributed by atoms with Crippen LogP contribution in [-0.4, -0.2) is 82.0 Å². The van der Waals surface area contributed by atoms with E-state index in [9.17, 15) is 19.2 Å². The number of urea groups is 1. The topological polar surface area (TPSA) is 108 Å². The van der Waals surface area contributed by atoms with Crippen LogP contribution in [0.5, 0.6) is 0 Å². The van der Waals surface area contributed by atoms with Gasteiger partial charge in [-0.15, -0.1) is 0 Å². The second-order valence-corrected chi connectivity index (χ2v) is 12.1. The minimum Gasteiger partial charge on any atom is -0.444 e. The molecule has 2 saturated heterocycles. The van der Waals surface area contributed by atoms with E-state index in [1.54, 1.807) is 9.80 Å². The Balaban J connectivity index is 1.21. The molecular formula is C30H44N4O6. The quantitative estimate of drug-likeness (QED) is 0.432. The molecule has 3 fully saturated rings. The number of hydroxylamine groups is 2. The number of hydrogen-bond acceptors (Lipinski definition) is 6. The van der Waals surface area contributed by atoms with Crippen molar-refractivity contribution in [3.63, 3.8) is 0 Å². The van der Waals surface area contributed by atoms with Gasteiger partial charge in [0.15, 0.2) is 5.78 Å². The van der Waals surface area contributed by atoms with Crippen LogP contribution in [-0.2, 0) is 25.8 Å². The second-order valence-electron chi connectivity index (χ2n) is 12.1. The highest BCUT2D eigenvalue weighted by Crippen LogP contribution is 2.30. The molecule has 1 aromatic carbocycles. The molecule has 10 nitrogen and oxygen atoms in total. The molecule has 4 rings (SSSR count). The number of amides is 4. The van der Waals surface area contributed by atoms with Gasteiger partial charge in [-0.3, -0.25) is 14.4 Å². The smallest absolute Gasteiger partial charge is 0.410 e. The molecule has 2 atom stereocenters. The van der Waals surface area contributed by atoms with E-state index in [4.69, 9.17) is 9.57 Å². The Morgan fingerprint density at radius 3 is 2.45 bits per heavy atom. The van der Waals surface area contributed by atoms with Gasteiger partial charge in [-0.25, -0.2) is 9.59 Å². The van der Waals surface area contributed by atoms with E-state index in [1.807, 2.05) is 51.1 Å². The van der Waals surface area contributed by atoms with E-state index >= 15 is 0 Å². The lowest BCUT2D eigenvalue weighted by Crippen LogP contribution is -2.50. The van der Waals surface area contributed by atoms with Crippen molar-refractivity contribution >= 4 is 23.8 Å². The number of fused-ring (bicyclic) bond motifs is 2. The van der Waals surface area contributed by atoms with Crippen LogP contribution in [0.3, 0.4) is 0 Å². The molecule has 1 N–H and O–H groups in total. The zero-order valence-corrected chi connectivity index (χ0v) is 24.1. The fraction of sp³-hybridized carbons (Fsp3) is 0.667. The summed E-state index contributed by atoms with van der Waals surface area (Å²) in [6, 6.07) is 8.76.